The first-order valence-corrected chi connectivity index (χ1v) is 8.87. The van der Waals surface area contributed by atoms with Gasteiger partial charge >= 0.3 is 6.03 Å². The second kappa shape index (κ2) is 7.74. The normalized spacial score (nSPS) is 16.7. The highest BCUT2D eigenvalue weighted by atomic mass is 16.5. The van der Waals surface area contributed by atoms with Crippen LogP contribution in [0, 0.1) is 0 Å². The number of nitrogens with one attached hydrogen (secondary N) is 1. The van der Waals surface area contributed by atoms with Gasteiger partial charge < -0.3 is 15.0 Å². The van der Waals surface area contributed by atoms with Crippen molar-refractivity contribution in [2.45, 2.75) is 12.8 Å². The molecule has 0 radical (unpaired) electrons. The number of rotatable bonds is 4. The Morgan fingerprint density at radius 3 is 2.48 bits per heavy atom. The zero-order valence-electron chi connectivity index (χ0n) is 15.3. The summed E-state index contributed by atoms with van der Waals surface area (Å²) in [5.41, 5.74) is 1.35. The summed E-state index contributed by atoms with van der Waals surface area (Å²) >= 11 is 0. The molecular weight excluding hydrogens is 314 g/mol. The topological polar surface area (TPSA) is 44.8 Å². The highest BCUT2D eigenvalue weighted by Crippen LogP contribution is 2.25. The Morgan fingerprint density at radius 1 is 1.12 bits per heavy atom. The molecule has 0 aromatic heterocycles. The molecule has 0 spiro atoms. The van der Waals surface area contributed by atoms with Crippen LogP contribution in [0.15, 0.2) is 36.4 Å². The minimum absolute atomic E-state index is 0.0256. The molecule has 0 aliphatic carbocycles. The lowest BCUT2D eigenvalue weighted by molar-refractivity contribution is 0.137. The molecule has 1 fully saturated rings. The summed E-state index contributed by atoms with van der Waals surface area (Å²) in [6.07, 6.45) is 0. The SMILES string of the molecule is CNC(=O)N1CCN(CC(C)c2ccc3cc(OC)ccc3c2)CC1. The Hall–Kier alpha value is -2.27. The van der Waals surface area contributed by atoms with Crippen LogP contribution in [0.2, 0.25) is 0 Å². The van der Waals surface area contributed by atoms with Gasteiger partial charge in [-0.2, -0.15) is 0 Å². The Balaban J connectivity index is 1.62. The molecule has 0 bridgehead atoms. The van der Waals surface area contributed by atoms with Crippen molar-refractivity contribution in [2.24, 2.45) is 0 Å². The Labute approximate surface area is 149 Å². The fraction of sp³-hybridized carbons (Fsp3) is 0.450. The molecular formula is C20H27N3O2. The van der Waals surface area contributed by atoms with Crippen LogP contribution >= 0.6 is 0 Å². The third kappa shape index (κ3) is 4.04. The van der Waals surface area contributed by atoms with E-state index >= 15 is 0 Å². The fourth-order valence-electron chi connectivity index (χ4n) is 3.46. The second-order valence-electron chi connectivity index (χ2n) is 6.72. The highest BCUT2D eigenvalue weighted by molar-refractivity contribution is 5.84. The predicted octanol–water partition coefficient (Wildman–Crippen LogP) is 2.91. The molecule has 1 atom stereocenters. The van der Waals surface area contributed by atoms with Crippen LogP contribution in [0.5, 0.6) is 5.75 Å². The minimum Gasteiger partial charge on any atom is -0.497 e. The number of ether oxygens (including phenoxy) is 1. The zero-order chi connectivity index (χ0) is 17.8. The molecule has 1 aliphatic heterocycles. The largest absolute Gasteiger partial charge is 0.497 e. The van der Waals surface area contributed by atoms with Gasteiger partial charge in [0.1, 0.15) is 5.75 Å². The predicted molar refractivity (Wildman–Crippen MR) is 101 cm³/mol. The molecule has 3 rings (SSSR count). The molecule has 5 nitrogen and oxygen atoms in total. The number of carbonyl (C=O) groups is 1. The van der Waals surface area contributed by atoms with Crippen molar-refractivity contribution in [1.29, 1.82) is 0 Å². The number of carbonyl (C=O) groups excluding carboxylic acids is 1. The van der Waals surface area contributed by atoms with Crippen LogP contribution in [-0.2, 0) is 0 Å². The third-order valence-electron chi connectivity index (χ3n) is 5.05. The average Bonchev–Trinajstić information content (AvgIpc) is 2.67. The molecule has 1 N–H and O–H groups in total. The molecule has 2 amide bonds. The highest BCUT2D eigenvalue weighted by Gasteiger charge is 2.21. The first-order chi connectivity index (χ1) is 12.1. The van der Waals surface area contributed by atoms with Crippen LogP contribution in [-0.4, -0.2) is 62.7 Å². The maximum Gasteiger partial charge on any atom is 0.317 e. The van der Waals surface area contributed by atoms with E-state index in [1.807, 2.05) is 11.0 Å². The van der Waals surface area contributed by atoms with Crippen LogP contribution in [0.4, 0.5) is 4.79 Å². The summed E-state index contributed by atoms with van der Waals surface area (Å²) in [6, 6.07) is 12.9. The van der Waals surface area contributed by atoms with Gasteiger partial charge in [0.15, 0.2) is 0 Å². The molecule has 1 aliphatic rings. The zero-order valence-corrected chi connectivity index (χ0v) is 15.3. The van der Waals surface area contributed by atoms with Crippen LogP contribution in [0.3, 0.4) is 0 Å². The molecule has 1 heterocycles. The number of methoxy groups -OCH3 is 1. The van der Waals surface area contributed by atoms with E-state index in [1.165, 1.54) is 16.3 Å². The molecule has 1 unspecified atom stereocenters. The van der Waals surface area contributed by atoms with Gasteiger partial charge in [0.25, 0.3) is 0 Å². The molecule has 134 valence electrons. The minimum atomic E-state index is 0.0256. The van der Waals surface area contributed by atoms with Gasteiger partial charge in [0, 0.05) is 39.8 Å². The summed E-state index contributed by atoms with van der Waals surface area (Å²) in [6.45, 7) is 6.75. The van der Waals surface area contributed by atoms with Crippen molar-refractivity contribution < 1.29 is 9.53 Å². The van der Waals surface area contributed by atoms with E-state index in [0.717, 1.165) is 38.5 Å². The number of amides is 2. The third-order valence-corrected chi connectivity index (χ3v) is 5.05. The second-order valence-corrected chi connectivity index (χ2v) is 6.72. The number of hydrogen-bond donors (Lipinski definition) is 1. The molecule has 1 saturated heterocycles. The first-order valence-electron chi connectivity index (χ1n) is 8.87. The number of fused-ring (bicyclic) bond motifs is 1. The summed E-state index contributed by atoms with van der Waals surface area (Å²) in [5.74, 6) is 1.35. The summed E-state index contributed by atoms with van der Waals surface area (Å²) < 4.78 is 5.29. The number of nitrogens with zero attached hydrogens (tertiary/aromatic N) is 2. The number of hydrogen-bond acceptors (Lipinski definition) is 3. The Bertz CT molecular complexity index is 739. The van der Waals surface area contributed by atoms with Crippen molar-refractivity contribution in [3.63, 3.8) is 0 Å². The molecule has 5 heteroatoms. The van der Waals surface area contributed by atoms with Gasteiger partial charge in [-0.15, -0.1) is 0 Å². The van der Waals surface area contributed by atoms with Gasteiger partial charge in [0.2, 0.25) is 0 Å². The van der Waals surface area contributed by atoms with E-state index in [2.05, 4.69) is 47.5 Å². The summed E-state index contributed by atoms with van der Waals surface area (Å²) in [7, 11) is 3.38. The number of piperazine rings is 1. The van der Waals surface area contributed by atoms with E-state index < -0.39 is 0 Å². The van der Waals surface area contributed by atoms with E-state index in [9.17, 15) is 4.79 Å². The van der Waals surface area contributed by atoms with E-state index in [4.69, 9.17) is 4.74 Å². The lowest BCUT2D eigenvalue weighted by Gasteiger charge is -2.35. The summed E-state index contributed by atoms with van der Waals surface area (Å²) in [5, 5.41) is 5.15. The monoisotopic (exact) mass is 341 g/mol. The van der Waals surface area contributed by atoms with Crippen molar-refractivity contribution in [1.82, 2.24) is 15.1 Å². The Kier molecular flexibility index (Phi) is 5.43. The average molecular weight is 341 g/mol. The van der Waals surface area contributed by atoms with E-state index in [-0.39, 0.29) is 6.03 Å². The van der Waals surface area contributed by atoms with E-state index in [0.29, 0.717) is 5.92 Å². The maximum atomic E-state index is 11.7. The van der Waals surface area contributed by atoms with Crippen LogP contribution in [0.1, 0.15) is 18.4 Å². The molecule has 0 saturated carbocycles. The van der Waals surface area contributed by atoms with Crippen molar-refractivity contribution in [3.8, 4) is 5.75 Å². The Morgan fingerprint density at radius 2 is 1.80 bits per heavy atom. The smallest absolute Gasteiger partial charge is 0.317 e. The van der Waals surface area contributed by atoms with E-state index in [1.54, 1.807) is 14.2 Å². The van der Waals surface area contributed by atoms with Crippen LogP contribution in [0.25, 0.3) is 10.8 Å². The molecule has 2 aromatic carbocycles. The first kappa shape index (κ1) is 17.5. The van der Waals surface area contributed by atoms with Gasteiger partial charge in [-0.3, -0.25) is 4.90 Å². The lowest BCUT2D eigenvalue weighted by Crippen LogP contribution is -2.51. The van der Waals surface area contributed by atoms with Gasteiger partial charge in [0.05, 0.1) is 7.11 Å². The van der Waals surface area contributed by atoms with Crippen molar-refractivity contribution in [3.05, 3.63) is 42.0 Å². The maximum absolute atomic E-state index is 11.7. The van der Waals surface area contributed by atoms with Gasteiger partial charge in [-0.25, -0.2) is 4.79 Å². The lowest BCUT2D eigenvalue weighted by atomic mass is 9.97. The fourth-order valence-corrected chi connectivity index (χ4v) is 3.46. The number of urea groups is 1. The van der Waals surface area contributed by atoms with Gasteiger partial charge in [-0.05, 0) is 34.4 Å². The molecule has 2 aromatic rings. The van der Waals surface area contributed by atoms with Crippen molar-refractivity contribution in [2.75, 3.05) is 46.9 Å². The standard InChI is InChI=1S/C20H27N3O2/c1-15(14-22-8-10-23(11-9-22)20(24)21-2)16-4-5-18-13-19(25-3)7-6-17(18)12-16/h4-7,12-13,15H,8-11,14H2,1-3H3,(H,21,24). The van der Waals surface area contributed by atoms with Crippen molar-refractivity contribution >= 4 is 16.8 Å². The number of benzene rings is 2. The molecule has 25 heavy (non-hydrogen) atoms. The van der Waals surface area contributed by atoms with Crippen LogP contribution < -0.4 is 10.1 Å². The quantitative estimate of drug-likeness (QED) is 0.930. The summed E-state index contributed by atoms with van der Waals surface area (Å²) in [4.78, 5) is 16.0. The van der Waals surface area contributed by atoms with Gasteiger partial charge in [-0.1, -0.05) is 31.2 Å².